The Balaban J connectivity index is 1.73. The second-order valence-corrected chi connectivity index (χ2v) is 7.13. The van der Waals surface area contributed by atoms with Gasteiger partial charge < -0.3 is 18.8 Å². The van der Waals surface area contributed by atoms with Gasteiger partial charge in [-0.15, -0.1) is 5.10 Å². The summed E-state index contributed by atoms with van der Waals surface area (Å²) >= 11 is 0. The molecule has 0 bridgehead atoms. The summed E-state index contributed by atoms with van der Waals surface area (Å²) in [4.78, 5) is 4.74. The van der Waals surface area contributed by atoms with Gasteiger partial charge in [-0.25, -0.2) is 4.68 Å². The third kappa shape index (κ3) is 4.10. The van der Waals surface area contributed by atoms with Crippen LogP contribution in [0.4, 0.5) is 0 Å². The molecule has 1 unspecified atom stereocenters. The first-order valence-corrected chi connectivity index (χ1v) is 9.62. The molecular weight excluding hydrogens is 372 g/mol. The highest BCUT2D eigenvalue weighted by atomic mass is 16.5. The Morgan fingerprint density at radius 1 is 1.07 bits per heavy atom. The summed E-state index contributed by atoms with van der Waals surface area (Å²) in [6, 6.07) is 9.67. The van der Waals surface area contributed by atoms with Crippen molar-refractivity contribution in [2.24, 2.45) is 0 Å². The van der Waals surface area contributed by atoms with Crippen LogP contribution < -0.4 is 9.47 Å². The van der Waals surface area contributed by atoms with Crippen LogP contribution in [0.25, 0.3) is 0 Å². The molecule has 1 aliphatic heterocycles. The maximum atomic E-state index is 5.54. The third-order valence-corrected chi connectivity index (χ3v) is 5.32. The van der Waals surface area contributed by atoms with Gasteiger partial charge in [0.05, 0.1) is 26.5 Å². The average Bonchev–Trinajstić information content (AvgIpc) is 3.42. The van der Waals surface area contributed by atoms with E-state index in [1.807, 2.05) is 24.3 Å². The van der Waals surface area contributed by atoms with E-state index in [1.165, 1.54) is 0 Å². The quantitative estimate of drug-likeness (QED) is 0.595. The van der Waals surface area contributed by atoms with Gasteiger partial charge in [-0.2, -0.15) is 0 Å². The number of hydrogen-bond acceptors (Lipinski definition) is 8. The number of ether oxygens (including phenoxy) is 2. The van der Waals surface area contributed by atoms with Crippen molar-refractivity contribution in [1.29, 1.82) is 0 Å². The lowest BCUT2D eigenvalue weighted by atomic mass is 10.0. The van der Waals surface area contributed by atoms with E-state index in [4.69, 9.17) is 13.9 Å². The largest absolute Gasteiger partial charge is 0.493 e. The fourth-order valence-electron chi connectivity index (χ4n) is 3.70. The third-order valence-electron chi connectivity index (χ3n) is 5.32. The first kappa shape index (κ1) is 19.4. The van der Waals surface area contributed by atoms with Crippen LogP contribution in [0, 0.1) is 0 Å². The molecule has 0 N–H and O–H groups in total. The van der Waals surface area contributed by atoms with E-state index < -0.39 is 0 Å². The van der Waals surface area contributed by atoms with E-state index in [0.29, 0.717) is 18.0 Å². The van der Waals surface area contributed by atoms with Crippen molar-refractivity contribution in [2.45, 2.75) is 12.6 Å². The Morgan fingerprint density at radius 3 is 2.55 bits per heavy atom. The number of nitrogens with zero attached hydrogens (tertiary/aromatic N) is 6. The summed E-state index contributed by atoms with van der Waals surface area (Å²) in [5.41, 5.74) is 1.06. The minimum absolute atomic E-state index is 0.103. The Bertz CT molecular complexity index is 918. The molecule has 1 atom stereocenters. The fraction of sp³-hybridized carbons (Fsp3) is 0.450. The van der Waals surface area contributed by atoms with Crippen LogP contribution in [0.3, 0.4) is 0 Å². The van der Waals surface area contributed by atoms with Crippen LogP contribution in [-0.2, 0) is 6.54 Å². The molecule has 3 heterocycles. The minimum Gasteiger partial charge on any atom is -0.493 e. The molecule has 3 aromatic rings. The SMILES string of the molecule is COc1ccc(C(c2nnnn2Cc2ccco2)N2CCN(C)CC2)cc1OC. The van der Waals surface area contributed by atoms with Crippen LogP contribution in [0.2, 0.25) is 0 Å². The number of rotatable bonds is 7. The number of benzene rings is 1. The normalized spacial score (nSPS) is 16.7. The molecule has 0 amide bonds. The van der Waals surface area contributed by atoms with Gasteiger partial charge in [-0.1, -0.05) is 6.07 Å². The van der Waals surface area contributed by atoms with E-state index in [1.54, 1.807) is 25.2 Å². The summed E-state index contributed by atoms with van der Waals surface area (Å²) in [5.74, 6) is 2.97. The first-order chi connectivity index (χ1) is 14.2. The fourth-order valence-corrected chi connectivity index (χ4v) is 3.70. The zero-order chi connectivity index (χ0) is 20.2. The van der Waals surface area contributed by atoms with Gasteiger partial charge in [0.1, 0.15) is 12.3 Å². The van der Waals surface area contributed by atoms with Crippen LogP contribution in [0.15, 0.2) is 41.0 Å². The first-order valence-electron chi connectivity index (χ1n) is 9.62. The molecular formula is C20H26N6O3. The predicted molar refractivity (Wildman–Crippen MR) is 106 cm³/mol. The molecule has 0 radical (unpaired) electrons. The topological polar surface area (TPSA) is 81.7 Å². The Morgan fingerprint density at radius 2 is 1.86 bits per heavy atom. The minimum atomic E-state index is -0.103. The highest BCUT2D eigenvalue weighted by Gasteiger charge is 2.31. The zero-order valence-corrected chi connectivity index (χ0v) is 17.0. The zero-order valence-electron chi connectivity index (χ0n) is 17.0. The Hall–Kier alpha value is -2.91. The maximum Gasteiger partial charge on any atom is 0.173 e. The van der Waals surface area contributed by atoms with Crippen LogP contribution in [0.1, 0.15) is 23.2 Å². The molecule has 1 fully saturated rings. The second-order valence-electron chi connectivity index (χ2n) is 7.13. The van der Waals surface area contributed by atoms with E-state index in [9.17, 15) is 0 Å². The Kier molecular flexibility index (Phi) is 5.77. The molecule has 1 aromatic carbocycles. The van der Waals surface area contributed by atoms with Gasteiger partial charge in [0.15, 0.2) is 17.3 Å². The summed E-state index contributed by atoms with van der Waals surface area (Å²) in [6.45, 7) is 4.30. The van der Waals surface area contributed by atoms with Crippen LogP contribution in [0.5, 0.6) is 11.5 Å². The van der Waals surface area contributed by atoms with E-state index in [-0.39, 0.29) is 6.04 Å². The van der Waals surface area contributed by atoms with E-state index in [0.717, 1.165) is 43.3 Å². The van der Waals surface area contributed by atoms with Gasteiger partial charge in [-0.05, 0) is 47.3 Å². The lowest BCUT2D eigenvalue weighted by molar-refractivity contribution is 0.121. The van der Waals surface area contributed by atoms with Gasteiger partial charge in [-0.3, -0.25) is 4.90 Å². The summed E-state index contributed by atoms with van der Waals surface area (Å²) < 4.78 is 18.3. The molecule has 0 spiro atoms. The number of likely N-dealkylation sites (N-methyl/N-ethyl adjacent to an activating group) is 1. The molecule has 1 saturated heterocycles. The number of methoxy groups -OCH3 is 2. The number of tetrazole rings is 1. The standard InChI is InChI=1S/C20H26N6O3/c1-24-8-10-25(11-9-24)19(15-6-7-17(27-2)18(13-15)28-3)20-21-22-23-26(20)14-16-5-4-12-29-16/h4-7,12-13,19H,8-11,14H2,1-3H3. The Labute approximate surface area is 169 Å². The summed E-state index contributed by atoms with van der Waals surface area (Å²) in [5, 5.41) is 12.6. The molecule has 9 heteroatoms. The lowest BCUT2D eigenvalue weighted by Crippen LogP contribution is -2.46. The lowest BCUT2D eigenvalue weighted by Gasteiger charge is -2.37. The summed E-state index contributed by atoms with van der Waals surface area (Å²) in [7, 11) is 5.43. The molecule has 1 aliphatic rings. The molecule has 2 aromatic heterocycles. The number of hydrogen-bond donors (Lipinski definition) is 0. The predicted octanol–water partition coefficient (Wildman–Crippen LogP) is 1.67. The van der Waals surface area contributed by atoms with Gasteiger partial charge >= 0.3 is 0 Å². The van der Waals surface area contributed by atoms with Crippen molar-refractivity contribution in [1.82, 2.24) is 30.0 Å². The molecule has 0 saturated carbocycles. The smallest absolute Gasteiger partial charge is 0.173 e. The number of aromatic nitrogens is 4. The van der Waals surface area contributed by atoms with Crippen molar-refractivity contribution in [3.63, 3.8) is 0 Å². The van der Waals surface area contributed by atoms with Gasteiger partial charge in [0.2, 0.25) is 0 Å². The van der Waals surface area contributed by atoms with E-state index >= 15 is 0 Å². The van der Waals surface area contributed by atoms with Crippen LogP contribution >= 0.6 is 0 Å². The van der Waals surface area contributed by atoms with Crippen molar-refractivity contribution in [3.05, 3.63) is 53.7 Å². The molecule has 29 heavy (non-hydrogen) atoms. The highest BCUT2D eigenvalue weighted by molar-refractivity contribution is 5.45. The average molecular weight is 398 g/mol. The molecule has 9 nitrogen and oxygen atoms in total. The van der Waals surface area contributed by atoms with Gasteiger partial charge in [0, 0.05) is 26.2 Å². The van der Waals surface area contributed by atoms with Crippen molar-refractivity contribution >= 4 is 0 Å². The van der Waals surface area contributed by atoms with Crippen molar-refractivity contribution < 1.29 is 13.9 Å². The van der Waals surface area contributed by atoms with Crippen molar-refractivity contribution in [2.75, 3.05) is 47.4 Å². The van der Waals surface area contributed by atoms with Gasteiger partial charge in [0.25, 0.3) is 0 Å². The molecule has 154 valence electrons. The van der Waals surface area contributed by atoms with Crippen LogP contribution in [-0.4, -0.2) is 77.5 Å². The highest BCUT2D eigenvalue weighted by Crippen LogP contribution is 2.35. The maximum absolute atomic E-state index is 5.54. The second kappa shape index (κ2) is 8.62. The summed E-state index contributed by atoms with van der Waals surface area (Å²) in [6.07, 6.45) is 1.66. The number of piperazine rings is 1. The van der Waals surface area contributed by atoms with Crippen molar-refractivity contribution in [3.8, 4) is 11.5 Å². The monoisotopic (exact) mass is 398 g/mol. The van der Waals surface area contributed by atoms with E-state index in [2.05, 4.69) is 38.4 Å². The molecule has 4 rings (SSSR count). The molecule has 0 aliphatic carbocycles. The number of furan rings is 1.